The fraction of sp³-hybridized carbons (Fsp3) is 0.400. The van der Waals surface area contributed by atoms with Crippen molar-refractivity contribution >= 4 is 22.9 Å². The number of hydrogen-bond acceptors (Lipinski definition) is 3. The van der Waals surface area contributed by atoms with Crippen molar-refractivity contribution in [2.24, 2.45) is 5.73 Å². The SMILES string of the molecule is NC(=S)c1cc(NC2CCC2)ccn1. The van der Waals surface area contributed by atoms with Gasteiger partial charge < -0.3 is 11.1 Å². The number of nitrogens with two attached hydrogens (primary N) is 1. The van der Waals surface area contributed by atoms with Gasteiger partial charge >= 0.3 is 0 Å². The second-order valence-corrected chi connectivity index (χ2v) is 4.01. The van der Waals surface area contributed by atoms with E-state index in [0.717, 1.165) is 5.69 Å². The van der Waals surface area contributed by atoms with Crippen molar-refractivity contribution < 1.29 is 0 Å². The van der Waals surface area contributed by atoms with Gasteiger partial charge in [0.15, 0.2) is 0 Å². The van der Waals surface area contributed by atoms with Gasteiger partial charge in [0.25, 0.3) is 0 Å². The monoisotopic (exact) mass is 207 g/mol. The molecule has 1 aliphatic rings. The maximum Gasteiger partial charge on any atom is 0.122 e. The number of nitrogens with zero attached hydrogens (tertiary/aromatic N) is 1. The number of nitrogens with one attached hydrogen (secondary N) is 1. The molecule has 1 saturated carbocycles. The molecular formula is C10H13N3S. The highest BCUT2D eigenvalue weighted by Gasteiger charge is 2.16. The summed E-state index contributed by atoms with van der Waals surface area (Å²) in [6.45, 7) is 0. The van der Waals surface area contributed by atoms with Crippen molar-refractivity contribution in [2.75, 3.05) is 5.32 Å². The number of pyridine rings is 1. The van der Waals surface area contributed by atoms with Gasteiger partial charge in [-0.15, -0.1) is 0 Å². The minimum Gasteiger partial charge on any atom is -0.388 e. The molecular weight excluding hydrogens is 194 g/mol. The second-order valence-electron chi connectivity index (χ2n) is 3.57. The molecule has 0 bridgehead atoms. The maximum atomic E-state index is 5.50. The first-order valence-corrected chi connectivity index (χ1v) is 5.19. The van der Waals surface area contributed by atoms with Crippen LogP contribution in [0.3, 0.4) is 0 Å². The molecule has 0 unspecified atom stereocenters. The van der Waals surface area contributed by atoms with Crippen LogP contribution in [0.4, 0.5) is 5.69 Å². The van der Waals surface area contributed by atoms with Gasteiger partial charge in [-0.2, -0.15) is 0 Å². The van der Waals surface area contributed by atoms with Crippen LogP contribution in [0.2, 0.25) is 0 Å². The predicted octanol–water partition coefficient (Wildman–Crippen LogP) is 1.68. The number of aromatic nitrogens is 1. The first-order valence-electron chi connectivity index (χ1n) is 4.78. The van der Waals surface area contributed by atoms with Crippen LogP contribution in [-0.4, -0.2) is 16.0 Å². The van der Waals surface area contributed by atoms with E-state index in [4.69, 9.17) is 18.0 Å². The first kappa shape index (κ1) is 9.40. The molecule has 1 aromatic rings. The highest BCUT2D eigenvalue weighted by Crippen LogP contribution is 2.23. The third-order valence-corrected chi connectivity index (χ3v) is 2.70. The van der Waals surface area contributed by atoms with Crippen molar-refractivity contribution in [3.8, 4) is 0 Å². The summed E-state index contributed by atoms with van der Waals surface area (Å²) < 4.78 is 0. The Hall–Kier alpha value is -1.16. The van der Waals surface area contributed by atoms with Crippen LogP contribution < -0.4 is 11.1 Å². The molecule has 0 aromatic carbocycles. The van der Waals surface area contributed by atoms with E-state index in [-0.39, 0.29) is 0 Å². The van der Waals surface area contributed by atoms with Gasteiger partial charge in [-0.25, -0.2) is 0 Å². The van der Waals surface area contributed by atoms with Gasteiger partial charge in [-0.1, -0.05) is 12.2 Å². The predicted molar refractivity (Wildman–Crippen MR) is 61.4 cm³/mol. The lowest BCUT2D eigenvalue weighted by molar-refractivity contribution is 0.445. The van der Waals surface area contributed by atoms with Gasteiger partial charge in [0.1, 0.15) is 4.99 Å². The molecule has 4 heteroatoms. The van der Waals surface area contributed by atoms with Gasteiger partial charge in [-0.05, 0) is 31.4 Å². The summed E-state index contributed by atoms with van der Waals surface area (Å²) in [6, 6.07) is 4.47. The van der Waals surface area contributed by atoms with Crippen LogP contribution in [0.15, 0.2) is 18.3 Å². The molecule has 0 radical (unpaired) electrons. The standard InChI is InChI=1S/C10H13N3S/c11-10(14)9-6-8(4-5-12-9)13-7-2-1-3-7/h4-7H,1-3H2,(H2,11,14)(H,12,13). The van der Waals surface area contributed by atoms with E-state index < -0.39 is 0 Å². The summed E-state index contributed by atoms with van der Waals surface area (Å²) in [7, 11) is 0. The normalized spacial score (nSPS) is 16.0. The average Bonchev–Trinajstić information content (AvgIpc) is 2.12. The van der Waals surface area contributed by atoms with Crippen LogP contribution >= 0.6 is 12.2 Å². The molecule has 74 valence electrons. The molecule has 1 aromatic heterocycles. The van der Waals surface area contributed by atoms with Crippen molar-refractivity contribution in [1.82, 2.24) is 4.98 Å². The Labute approximate surface area is 88.7 Å². The average molecular weight is 207 g/mol. The Morgan fingerprint density at radius 1 is 1.57 bits per heavy atom. The van der Waals surface area contributed by atoms with Crippen LogP contribution in [0, 0.1) is 0 Å². The Kier molecular flexibility index (Phi) is 2.63. The van der Waals surface area contributed by atoms with Crippen molar-refractivity contribution in [2.45, 2.75) is 25.3 Å². The molecule has 0 saturated heterocycles. The molecule has 3 nitrogen and oxygen atoms in total. The van der Waals surface area contributed by atoms with Crippen LogP contribution in [0.1, 0.15) is 25.0 Å². The minimum atomic E-state index is 0.349. The van der Waals surface area contributed by atoms with E-state index in [1.165, 1.54) is 19.3 Å². The molecule has 0 spiro atoms. The summed E-state index contributed by atoms with van der Waals surface area (Å²) in [6.07, 6.45) is 5.57. The highest BCUT2D eigenvalue weighted by molar-refractivity contribution is 7.80. The minimum absolute atomic E-state index is 0.349. The van der Waals surface area contributed by atoms with Gasteiger partial charge in [0.2, 0.25) is 0 Å². The largest absolute Gasteiger partial charge is 0.388 e. The Balaban J connectivity index is 2.09. The number of thiocarbonyl (C=S) groups is 1. The lowest BCUT2D eigenvalue weighted by Gasteiger charge is -2.27. The molecule has 1 heterocycles. The van der Waals surface area contributed by atoms with Gasteiger partial charge in [0.05, 0.1) is 5.69 Å². The molecule has 0 aliphatic heterocycles. The molecule has 2 rings (SSSR count). The lowest BCUT2D eigenvalue weighted by atomic mass is 9.93. The summed E-state index contributed by atoms with van der Waals surface area (Å²) >= 11 is 4.87. The highest BCUT2D eigenvalue weighted by atomic mass is 32.1. The van der Waals surface area contributed by atoms with Crippen molar-refractivity contribution in [1.29, 1.82) is 0 Å². The third kappa shape index (κ3) is 2.01. The lowest BCUT2D eigenvalue weighted by Crippen LogP contribution is -2.27. The molecule has 1 aliphatic carbocycles. The quantitative estimate of drug-likeness (QED) is 0.740. The van der Waals surface area contributed by atoms with E-state index in [1.54, 1.807) is 6.20 Å². The molecule has 3 N–H and O–H groups in total. The number of hydrogen-bond donors (Lipinski definition) is 2. The maximum absolute atomic E-state index is 5.50. The fourth-order valence-electron chi connectivity index (χ4n) is 1.44. The van der Waals surface area contributed by atoms with E-state index >= 15 is 0 Å². The smallest absolute Gasteiger partial charge is 0.122 e. The van der Waals surface area contributed by atoms with E-state index in [2.05, 4.69) is 10.3 Å². The Bertz CT molecular complexity index is 347. The van der Waals surface area contributed by atoms with Gasteiger partial charge in [0, 0.05) is 17.9 Å². The summed E-state index contributed by atoms with van der Waals surface area (Å²) in [5.74, 6) is 0. The molecule has 14 heavy (non-hydrogen) atoms. The second kappa shape index (κ2) is 3.92. The van der Waals surface area contributed by atoms with Crippen molar-refractivity contribution in [3.05, 3.63) is 24.0 Å². The van der Waals surface area contributed by atoms with Crippen molar-refractivity contribution in [3.63, 3.8) is 0 Å². The zero-order chi connectivity index (χ0) is 9.97. The van der Waals surface area contributed by atoms with E-state index in [0.29, 0.717) is 16.7 Å². The Morgan fingerprint density at radius 3 is 2.93 bits per heavy atom. The van der Waals surface area contributed by atoms with Crippen LogP contribution in [0.25, 0.3) is 0 Å². The van der Waals surface area contributed by atoms with Crippen LogP contribution in [0.5, 0.6) is 0 Å². The topological polar surface area (TPSA) is 50.9 Å². The van der Waals surface area contributed by atoms with Crippen LogP contribution in [-0.2, 0) is 0 Å². The summed E-state index contributed by atoms with van der Waals surface area (Å²) in [5, 5.41) is 3.42. The van der Waals surface area contributed by atoms with E-state index in [9.17, 15) is 0 Å². The summed E-state index contributed by atoms with van der Waals surface area (Å²) in [4.78, 5) is 4.43. The first-order chi connectivity index (χ1) is 6.75. The number of rotatable bonds is 3. The molecule has 1 fully saturated rings. The molecule has 0 amide bonds. The Morgan fingerprint density at radius 2 is 2.36 bits per heavy atom. The third-order valence-electron chi connectivity index (χ3n) is 2.49. The fourth-order valence-corrected chi connectivity index (χ4v) is 1.55. The zero-order valence-electron chi connectivity index (χ0n) is 7.86. The van der Waals surface area contributed by atoms with Gasteiger partial charge in [-0.3, -0.25) is 4.98 Å². The van der Waals surface area contributed by atoms with E-state index in [1.807, 2.05) is 12.1 Å². The summed E-state index contributed by atoms with van der Waals surface area (Å²) in [5.41, 5.74) is 7.25. The zero-order valence-corrected chi connectivity index (χ0v) is 8.68. The number of anilines is 1. The molecule has 0 atom stereocenters.